The first kappa shape index (κ1) is 34.8. The van der Waals surface area contributed by atoms with Crippen LogP contribution in [0, 0.1) is 11.8 Å². The summed E-state index contributed by atoms with van der Waals surface area (Å²) < 4.78 is 19.0. The van der Waals surface area contributed by atoms with E-state index in [-0.39, 0.29) is 50.3 Å². The first-order valence-electron chi connectivity index (χ1n) is 16.9. The third kappa shape index (κ3) is 6.47. The molecule has 0 aromatic heterocycles. The van der Waals surface area contributed by atoms with Gasteiger partial charge in [-0.05, 0) is 31.4 Å². The molecule has 0 aliphatic carbocycles. The molecule has 1 spiro atoms. The lowest BCUT2D eigenvalue weighted by Crippen LogP contribution is -2.57. The number of amides is 3. The number of aliphatic hydroxyl groups excluding tert-OH is 1. The number of nitrogens with zero attached hydrogens (tertiary/aromatic N) is 4. The van der Waals surface area contributed by atoms with Crippen LogP contribution in [0.25, 0.3) is 0 Å². The van der Waals surface area contributed by atoms with E-state index >= 15 is 0 Å². The fourth-order valence-electron chi connectivity index (χ4n) is 7.72. The van der Waals surface area contributed by atoms with E-state index in [0.717, 1.165) is 18.7 Å². The molecule has 5 bridgehead atoms. The van der Waals surface area contributed by atoms with Gasteiger partial charge in [0.2, 0.25) is 17.7 Å². The Morgan fingerprint density at radius 2 is 1.73 bits per heavy atom. The Hall–Kier alpha value is -3.10. The highest BCUT2D eigenvalue weighted by molar-refractivity contribution is 9.11. The highest BCUT2D eigenvalue weighted by atomic mass is 79.9. The quantitative estimate of drug-likeness (QED) is 0.331. The molecule has 5 heterocycles. The number of likely N-dealkylation sites (N-methyl/N-ethyl adjacent to an activating group) is 1. The first-order chi connectivity index (χ1) is 23.2. The number of benzene rings is 1. The number of cyclic esters (lactones) is 1. The van der Waals surface area contributed by atoms with Crippen molar-refractivity contribution < 1.29 is 38.5 Å². The number of halogens is 1. The number of aliphatic hydroxyl groups is 1. The van der Waals surface area contributed by atoms with Crippen molar-refractivity contribution in [1.29, 1.82) is 0 Å². The van der Waals surface area contributed by atoms with Crippen LogP contribution in [-0.2, 0) is 33.4 Å². The molecule has 260 valence electrons. The number of fused-ring (bicyclic) bond motifs is 2. The molecule has 0 radical (unpaired) electrons. The Morgan fingerprint density at radius 3 is 2.46 bits per heavy atom. The van der Waals surface area contributed by atoms with Crippen LogP contribution in [-0.4, -0.2) is 138 Å². The molecular weight excluding hydrogens is 684 g/mol. The van der Waals surface area contributed by atoms with Crippen molar-refractivity contribution in [2.24, 2.45) is 11.8 Å². The van der Waals surface area contributed by atoms with Crippen molar-refractivity contribution in [2.75, 3.05) is 66.1 Å². The molecular formula is C35H45BrN4O8. The van der Waals surface area contributed by atoms with E-state index < -0.39 is 47.7 Å². The number of ether oxygens (including phenoxy) is 3. The van der Waals surface area contributed by atoms with E-state index in [4.69, 9.17) is 14.2 Å². The van der Waals surface area contributed by atoms with Gasteiger partial charge in [0.1, 0.15) is 29.8 Å². The van der Waals surface area contributed by atoms with Crippen LogP contribution in [0.15, 0.2) is 53.0 Å². The van der Waals surface area contributed by atoms with Crippen LogP contribution in [0.4, 0.5) is 0 Å². The number of hydrogen-bond acceptors (Lipinski definition) is 9. The molecule has 1 N–H and O–H groups in total. The maximum Gasteiger partial charge on any atom is 0.313 e. The summed E-state index contributed by atoms with van der Waals surface area (Å²) in [4.78, 5) is 64.0. The van der Waals surface area contributed by atoms with Gasteiger partial charge in [-0.1, -0.05) is 58.4 Å². The van der Waals surface area contributed by atoms with Gasteiger partial charge in [-0.15, -0.1) is 0 Å². The summed E-state index contributed by atoms with van der Waals surface area (Å²) in [7, 11) is 1.71. The SMILES string of the molecule is C[C@@H]1[C@@H](c2ccccc2)OC(=O)[C@@H]2[C@H]3O[C@@]4(C=C3Br)[C@H](C(=O)N(CCN3CCOCC3)C/C=C\CCC(=O)N1C)N(CCCO)C(=O)[C@@H]24. The van der Waals surface area contributed by atoms with Gasteiger partial charge in [0.05, 0.1) is 25.2 Å². The normalized spacial score (nSPS) is 34.0. The number of rotatable bonds is 7. The van der Waals surface area contributed by atoms with Crippen LogP contribution in [0.1, 0.15) is 37.9 Å². The van der Waals surface area contributed by atoms with Crippen LogP contribution in [0.5, 0.6) is 0 Å². The minimum atomic E-state index is -1.40. The van der Waals surface area contributed by atoms with Crippen molar-refractivity contribution in [3.05, 3.63) is 58.6 Å². The number of morpholine rings is 1. The van der Waals surface area contributed by atoms with Crippen LogP contribution >= 0.6 is 15.9 Å². The van der Waals surface area contributed by atoms with E-state index in [2.05, 4.69) is 20.8 Å². The number of likely N-dealkylation sites (tertiary alicyclic amines) is 1. The van der Waals surface area contributed by atoms with Crippen molar-refractivity contribution in [3.63, 3.8) is 0 Å². The number of carbonyl (C=O) groups is 4. The fraction of sp³-hybridized carbons (Fsp3) is 0.600. The number of allylic oxidation sites excluding steroid dienone is 1. The monoisotopic (exact) mass is 728 g/mol. The zero-order valence-corrected chi connectivity index (χ0v) is 29.1. The Kier molecular flexibility index (Phi) is 10.7. The third-order valence-corrected chi connectivity index (χ3v) is 11.1. The maximum atomic E-state index is 14.8. The molecule has 13 heteroatoms. The predicted octanol–water partition coefficient (Wildman–Crippen LogP) is 1.88. The summed E-state index contributed by atoms with van der Waals surface area (Å²) in [5.41, 5.74) is -0.678. The first-order valence-corrected chi connectivity index (χ1v) is 17.7. The molecule has 3 fully saturated rings. The van der Waals surface area contributed by atoms with Crippen molar-refractivity contribution >= 4 is 39.6 Å². The Balaban J connectivity index is 1.40. The lowest BCUT2D eigenvalue weighted by molar-refractivity contribution is -0.164. The second-order valence-corrected chi connectivity index (χ2v) is 14.1. The summed E-state index contributed by atoms with van der Waals surface area (Å²) in [6, 6.07) is 7.71. The van der Waals surface area contributed by atoms with E-state index in [1.54, 1.807) is 22.9 Å². The maximum absolute atomic E-state index is 14.8. The van der Waals surface area contributed by atoms with Gasteiger partial charge in [0.15, 0.2) is 0 Å². The summed E-state index contributed by atoms with van der Waals surface area (Å²) in [5, 5.41) is 9.75. The molecule has 3 amide bonds. The molecule has 1 aromatic carbocycles. The Bertz CT molecular complexity index is 1430. The molecule has 48 heavy (non-hydrogen) atoms. The van der Waals surface area contributed by atoms with E-state index in [0.29, 0.717) is 37.2 Å². The van der Waals surface area contributed by atoms with Crippen molar-refractivity contribution in [2.45, 2.75) is 56.1 Å². The van der Waals surface area contributed by atoms with Gasteiger partial charge < -0.3 is 34.0 Å². The lowest BCUT2D eigenvalue weighted by Gasteiger charge is -2.37. The highest BCUT2D eigenvalue weighted by Gasteiger charge is 2.75. The average molecular weight is 730 g/mol. The second-order valence-electron chi connectivity index (χ2n) is 13.2. The van der Waals surface area contributed by atoms with Gasteiger partial charge in [-0.2, -0.15) is 0 Å². The molecule has 5 aliphatic rings. The standard InChI is InChI=1S/C35H45BrN4O8/c1-23-29(24-10-5-3-6-11-24)47-34(45)27-28-32(43)40(14-9-19-41)31(35(28)22-25(36)30(27)48-35)33(44)39(16-15-38-17-20-46-21-18-38)13-8-4-7-12-26(42)37(23)2/h3-6,8,10-11,22-23,27-31,41H,7,9,12-21H2,1-2H3/b8-4-/t23-,27+,28-,29+,30+,31+,35-/m1/s1. The molecule has 1 aromatic rings. The molecule has 3 saturated heterocycles. The van der Waals surface area contributed by atoms with Crippen molar-refractivity contribution in [3.8, 4) is 0 Å². The summed E-state index contributed by atoms with van der Waals surface area (Å²) in [5.74, 6) is -3.41. The Labute approximate surface area is 289 Å². The third-order valence-electron chi connectivity index (χ3n) is 10.4. The highest BCUT2D eigenvalue weighted by Crippen LogP contribution is 2.59. The van der Waals surface area contributed by atoms with Gasteiger partial charge in [0, 0.05) is 63.8 Å². The van der Waals surface area contributed by atoms with E-state index in [1.807, 2.05) is 49.4 Å². The zero-order chi connectivity index (χ0) is 34.0. The summed E-state index contributed by atoms with van der Waals surface area (Å²) in [6.45, 7) is 5.89. The second kappa shape index (κ2) is 14.8. The lowest BCUT2D eigenvalue weighted by atomic mass is 9.74. The van der Waals surface area contributed by atoms with Gasteiger partial charge in [-0.3, -0.25) is 24.1 Å². The minimum Gasteiger partial charge on any atom is -0.455 e. The molecule has 0 unspecified atom stereocenters. The van der Waals surface area contributed by atoms with E-state index in [1.165, 1.54) is 4.90 Å². The minimum absolute atomic E-state index is 0.102. The van der Waals surface area contributed by atoms with E-state index in [9.17, 15) is 24.3 Å². The molecule has 12 nitrogen and oxygen atoms in total. The number of esters is 1. The smallest absolute Gasteiger partial charge is 0.313 e. The Morgan fingerprint density at radius 1 is 0.979 bits per heavy atom. The molecule has 6 rings (SSSR count). The van der Waals surface area contributed by atoms with Gasteiger partial charge >= 0.3 is 5.97 Å². The van der Waals surface area contributed by atoms with Crippen LogP contribution in [0.3, 0.4) is 0 Å². The van der Waals surface area contributed by atoms with Crippen molar-refractivity contribution in [1.82, 2.24) is 19.6 Å². The predicted molar refractivity (Wildman–Crippen MR) is 179 cm³/mol. The largest absolute Gasteiger partial charge is 0.455 e. The summed E-state index contributed by atoms with van der Waals surface area (Å²) >= 11 is 3.61. The number of carbonyl (C=O) groups excluding carboxylic acids is 4. The molecule has 0 saturated carbocycles. The van der Waals surface area contributed by atoms with Gasteiger partial charge in [0.25, 0.3) is 0 Å². The molecule has 5 aliphatic heterocycles. The topological polar surface area (TPSA) is 129 Å². The van der Waals surface area contributed by atoms with Crippen LogP contribution in [0.2, 0.25) is 0 Å². The number of hydrogen-bond donors (Lipinski definition) is 1. The average Bonchev–Trinajstić information content (AvgIpc) is 3.69. The fourth-order valence-corrected chi connectivity index (χ4v) is 8.46. The van der Waals surface area contributed by atoms with Crippen LogP contribution < -0.4 is 0 Å². The zero-order valence-electron chi connectivity index (χ0n) is 27.5. The molecule has 7 atom stereocenters. The summed E-state index contributed by atoms with van der Waals surface area (Å²) in [6.07, 6.45) is 4.96. The van der Waals surface area contributed by atoms with Gasteiger partial charge in [-0.25, -0.2) is 0 Å².